The molecule has 0 unspecified atom stereocenters. The van der Waals surface area contributed by atoms with Crippen molar-refractivity contribution in [2.75, 3.05) is 6.61 Å². The first kappa shape index (κ1) is 18.4. The maximum Gasteiger partial charge on any atom is 0.310 e. The number of benzene rings is 3. The summed E-state index contributed by atoms with van der Waals surface area (Å²) in [5, 5.41) is 12.0. The fourth-order valence-electron chi connectivity index (χ4n) is 3.56. The monoisotopic (exact) mass is 386 g/mol. The van der Waals surface area contributed by atoms with E-state index in [1.807, 2.05) is 66.2 Å². The number of carbonyl (C=O) groups excluding carboxylic acids is 1. The molecule has 3 aromatic carbocycles. The van der Waals surface area contributed by atoms with Gasteiger partial charge in [-0.3, -0.25) is 14.9 Å². The van der Waals surface area contributed by atoms with Gasteiger partial charge in [-0.1, -0.05) is 60.7 Å². The number of nitrogens with zero attached hydrogens (tertiary/aromatic N) is 2. The number of aryl methyl sites for hydroxylation is 1. The van der Waals surface area contributed by atoms with Gasteiger partial charge in [-0.05, 0) is 17.7 Å². The lowest BCUT2D eigenvalue weighted by atomic mass is 10.0. The van der Waals surface area contributed by atoms with Crippen LogP contribution in [0.15, 0.2) is 78.9 Å². The van der Waals surface area contributed by atoms with E-state index >= 15 is 0 Å². The van der Waals surface area contributed by atoms with Crippen molar-refractivity contribution >= 4 is 22.4 Å². The van der Waals surface area contributed by atoms with Gasteiger partial charge in [0.15, 0.2) is 12.4 Å². The largest absolute Gasteiger partial charge is 0.478 e. The zero-order valence-corrected chi connectivity index (χ0v) is 15.7. The summed E-state index contributed by atoms with van der Waals surface area (Å²) in [6.07, 6.45) is 0. The Kier molecular flexibility index (Phi) is 4.83. The van der Waals surface area contributed by atoms with Gasteiger partial charge in [0.25, 0.3) is 0 Å². The van der Waals surface area contributed by atoms with E-state index in [9.17, 15) is 14.9 Å². The van der Waals surface area contributed by atoms with E-state index in [1.54, 1.807) is 12.1 Å². The van der Waals surface area contributed by atoms with Gasteiger partial charge >= 0.3 is 5.69 Å². The first-order valence-electron chi connectivity index (χ1n) is 9.10. The second-order valence-electron chi connectivity index (χ2n) is 6.60. The Bertz CT molecular complexity index is 1210. The van der Waals surface area contributed by atoms with Crippen LogP contribution in [0.25, 0.3) is 22.2 Å². The molecular formula is C23H18N2O4. The maximum absolute atomic E-state index is 13.2. The van der Waals surface area contributed by atoms with Crippen LogP contribution in [-0.4, -0.2) is 21.9 Å². The minimum atomic E-state index is -0.521. The van der Waals surface area contributed by atoms with Crippen molar-refractivity contribution in [2.45, 2.75) is 0 Å². The van der Waals surface area contributed by atoms with Gasteiger partial charge in [-0.2, -0.15) is 0 Å². The molecule has 29 heavy (non-hydrogen) atoms. The molecule has 1 heterocycles. The second kappa shape index (κ2) is 7.59. The standard InChI is InChI=1S/C23H18N2O4/c1-24-18-12-6-5-11-17(18)22(23(24)16-9-3-2-4-10-16)20(26)15-29-21-14-8-7-13-19(21)25(27)28/h2-14H,15H2,1H3. The van der Waals surface area contributed by atoms with Crippen molar-refractivity contribution < 1.29 is 14.5 Å². The van der Waals surface area contributed by atoms with Crippen LogP contribution in [-0.2, 0) is 7.05 Å². The highest BCUT2D eigenvalue weighted by atomic mass is 16.6. The summed E-state index contributed by atoms with van der Waals surface area (Å²) in [5.41, 5.74) is 3.03. The summed E-state index contributed by atoms with van der Waals surface area (Å²) in [6, 6.07) is 23.4. The molecular weight excluding hydrogens is 368 g/mol. The number of ketones is 1. The minimum absolute atomic E-state index is 0.0762. The maximum atomic E-state index is 13.2. The smallest absolute Gasteiger partial charge is 0.310 e. The predicted octanol–water partition coefficient (Wildman–Crippen LogP) is 5.02. The topological polar surface area (TPSA) is 74.4 Å². The zero-order valence-electron chi connectivity index (χ0n) is 15.7. The molecule has 4 rings (SSSR count). The van der Waals surface area contributed by atoms with Crippen molar-refractivity contribution in [3.8, 4) is 17.0 Å². The summed E-state index contributed by atoms with van der Waals surface area (Å²) in [7, 11) is 1.92. The summed E-state index contributed by atoms with van der Waals surface area (Å²) in [6.45, 7) is -0.293. The third-order valence-corrected chi connectivity index (χ3v) is 4.85. The molecule has 0 N–H and O–H groups in total. The number of nitro benzene ring substituents is 1. The average molecular weight is 386 g/mol. The summed E-state index contributed by atoms with van der Waals surface area (Å²) in [4.78, 5) is 23.9. The molecule has 0 radical (unpaired) electrons. The Labute approximate surface area is 167 Å². The number of Topliss-reactive ketones (excluding diaryl/α,β-unsaturated/α-hetero) is 1. The lowest BCUT2D eigenvalue weighted by molar-refractivity contribution is -0.385. The molecule has 0 spiro atoms. The fraction of sp³-hybridized carbons (Fsp3) is 0.0870. The molecule has 6 heteroatoms. The number of hydrogen-bond donors (Lipinski definition) is 0. The average Bonchev–Trinajstić information content (AvgIpc) is 3.05. The van der Waals surface area contributed by atoms with Crippen molar-refractivity contribution in [2.24, 2.45) is 7.05 Å². The normalized spacial score (nSPS) is 10.8. The third kappa shape index (κ3) is 3.36. The molecule has 0 bridgehead atoms. The Morgan fingerprint density at radius 3 is 2.38 bits per heavy atom. The molecule has 144 valence electrons. The second-order valence-corrected chi connectivity index (χ2v) is 6.60. The highest BCUT2D eigenvalue weighted by Crippen LogP contribution is 2.34. The molecule has 6 nitrogen and oxygen atoms in total. The predicted molar refractivity (Wildman–Crippen MR) is 111 cm³/mol. The van der Waals surface area contributed by atoms with Crippen LogP contribution >= 0.6 is 0 Å². The Balaban J connectivity index is 1.76. The van der Waals surface area contributed by atoms with Crippen LogP contribution in [0, 0.1) is 10.1 Å². The van der Waals surface area contributed by atoms with Gasteiger partial charge in [0.05, 0.1) is 16.2 Å². The number of carbonyl (C=O) groups is 1. The number of rotatable bonds is 6. The van der Waals surface area contributed by atoms with Crippen LogP contribution in [0.5, 0.6) is 5.75 Å². The molecule has 0 saturated heterocycles. The molecule has 0 aliphatic carbocycles. The summed E-state index contributed by atoms with van der Waals surface area (Å²) < 4.78 is 7.55. The molecule has 4 aromatic rings. The van der Waals surface area contributed by atoms with Gasteiger partial charge in [-0.15, -0.1) is 0 Å². The lowest BCUT2D eigenvalue weighted by Gasteiger charge is -2.09. The van der Waals surface area contributed by atoms with E-state index in [1.165, 1.54) is 12.1 Å². The zero-order chi connectivity index (χ0) is 20.4. The van der Waals surface area contributed by atoms with E-state index in [4.69, 9.17) is 4.74 Å². The van der Waals surface area contributed by atoms with Crippen LogP contribution in [0.4, 0.5) is 5.69 Å². The van der Waals surface area contributed by atoms with Gasteiger partial charge in [0.2, 0.25) is 5.78 Å². The highest BCUT2D eigenvalue weighted by Gasteiger charge is 2.23. The summed E-state index contributed by atoms with van der Waals surface area (Å²) in [5.74, 6) is -0.161. The highest BCUT2D eigenvalue weighted by molar-refractivity contribution is 6.14. The van der Waals surface area contributed by atoms with Crippen molar-refractivity contribution in [1.82, 2.24) is 4.57 Å². The van der Waals surface area contributed by atoms with Gasteiger partial charge in [-0.25, -0.2) is 0 Å². The Morgan fingerprint density at radius 1 is 0.966 bits per heavy atom. The fourth-order valence-corrected chi connectivity index (χ4v) is 3.56. The first-order valence-corrected chi connectivity index (χ1v) is 9.10. The summed E-state index contributed by atoms with van der Waals surface area (Å²) >= 11 is 0. The molecule has 0 aliphatic heterocycles. The molecule has 0 fully saturated rings. The van der Waals surface area contributed by atoms with E-state index < -0.39 is 4.92 Å². The third-order valence-electron chi connectivity index (χ3n) is 4.85. The van der Waals surface area contributed by atoms with Crippen LogP contribution in [0.3, 0.4) is 0 Å². The first-order chi connectivity index (χ1) is 14.1. The van der Waals surface area contributed by atoms with E-state index in [0.29, 0.717) is 5.56 Å². The number of aromatic nitrogens is 1. The number of ether oxygens (including phenoxy) is 1. The minimum Gasteiger partial charge on any atom is -0.478 e. The lowest BCUT2D eigenvalue weighted by Crippen LogP contribution is -2.13. The van der Waals surface area contributed by atoms with Crippen LogP contribution in [0.1, 0.15) is 10.4 Å². The van der Waals surface area contributed by atoms with Crippen molar-refractivity contribution in [3.05, 3.63) is 94.5 Å². The Morgan fingerprint density at radius 2 is 1.62 bits per heavy atom. The number of hydrogen-bond acceptors (Lipinski definition) is 4. The molecule has 0 atom stereocenters. The van der Waals surface area contributed by atoms with Crippen molar-refractivity contribution in [3.63, 3.8) is 0 Å². The molecule has 0 saturated carbocycles. The SMILES string of the molecule is Cn1c(-c2ccccc2)c(C(=O)COc2ccccc2[N+](=O)[O-])c2ccccc21. The number of para-hydroxylation sites is 3. The van der Waals surface area contributed by atoms with Gasteiger partial charge < -0.3 is 9.30 Å². The molecule has 0 amide bonds. The quantitative estimate of drug-likeness (QED) is 0.265. The molecule has 0 aliphatic rings. The van der Waals surface area contributed by atoms with Gasteiger partial charge in [0.1, 0.15) is 0 Å². The van der Waals surface area contributed by atoms with Gasteiger partial charge in [0, 0.05) is 24.0 Å². The number of fused-ring (bicyclic) bond motifs is 1. The van der Waals surface area contributed by atoms with E-state index in [2.05, 4.69) is 0 Å². The molecule has 1 aromatic heterocycles. The van der Waals surface area contributed by atoms with E-state index in [0.717, 1.165) is 22.2 Å². The number of nitro groups is 1. The van der Waals surface area contributed by atoms with Crippen LogP contribution < -0.4 is 4.74 Å². The van der Waals surface area contributed by atoms with Crippen LogP contribution in [0.2, 0.25) is 0 Å². The van der Waals surface area contributed by atoms with E-state index in [-0.39, 0.29) is 23.8 Å². The Hall–Kier alpha value is -3.93. The van der Waals surface area contributed by atoms with Crippen molar-refractivity contribution in [1.29, 1.82) is 0 Å².